The van der Waals surface area contributed by atoms with Gasteiger partial charge < -0.3 is 25.2 Å². The highest BCUT2D eigenvalue weighted by atomic mass is 19.1. The minimum atomic E-state index is -0.508. The average molecular weight is 502 g/mol. The van der Waals surface area contributed by atoms with Gasteiger partial charge in [-0.15, -0.1) is 5.11 Å². The molecule has 11 heteroatoms. The number of ether oxygens (including phenoxy) is 1. The van der Waals surface area contributed by atoms with Crippen LogP contribution in [0, 0.1) is 5.82 Å². The lowest BCUT2D eigenvalue weighted by atomic mass is 10.0. The fourth-order valence-electron chi connectivity index (χ4n) is 3.86. The minimum absolute atomic E-state index is 0.0765. The lowest BCUT2D eigenvalue weighted by Gasteiger charge is -2.27. The van der Waals surface area contributed by atoms with Crippen molar-refractivity contribution in [3.8, 4) is 22.6 Å². The second-order valence-corrected chi connectivity index (χ2v) is 8.32. The summed E-state index contributed by atoms with van der Waals surface area (Å²) in [5.74, 6) is 0.00268. The van der Waals surface area contributed by atoms with Crippen molar-refractivity contribution in [3.05, 3.63) is 78.5 Å². The summed E-state index contributed by atoms with van der Waals surface area (Å²) in [5.41, 5.74) is 3.58. The van der Waals surface area contributed by atoms with Gasteiger partial charge >= 0.3 is 0 Å². The number of hydrogen-bond acceptors (Lipinski definition) is 10. The number of phenolic OH excluding ortho intramolecular Hbond substituents is 2. The number of phenols is 2. The van der Waals surface area contributed by atoms with Crippen LogP contribution in [0.1, 0.15) is 5.69 Å². The van der Waals surface area contributed by atoms with Crippen LogP contribution in [-0.2, 0) is 11.3 Å². The van der Waals surface area contributed by atoms with Gasteiger partial charge in [-0.2, -0.15) is 10.1 Å². The molecule has 3 N–H and O–H groups in total. The highest BCUT2D eigenvalue weighted by Crippen LogP contribution is 2.31. The number of nitrogens with one attached hydrogen (secondary N) is 1. The summed E-state index contributed by atoms with van der Waals surface area (Å²) < 4.78 is 19.5. The zero-order chi connectivity index (χ0) is 25.6. The number of aromatic nitrogens is 3. The molecule has 0 unspecified atom stereocenters. The van der Waals surface area contributed by atoms with Crippen molar-refractivity contribution in [1.82, 2.24) is 15.0 Å². The molecule has 3 heterocycles. The first kappa shape index (κ1) is 24.1. The van der Waals surface area contributed by atoms with Crippen LogP contribution >= 0.6 is 0 Å². The standard InChI is InChI=1S/C26H24FN7O3/c27-24-16-29-26(32-25(24)34-6-8-37-9-7-34)33-30-15-19-4-5-20(14-28-19)31-21-10-18(12-23(36)13-21)17-2-1-3-22(35)11-17/h1-5,10-14,16,31,35-36H,6-9,15H2. The van der Waals surface area contributed by atoms with Crippen LogP contribution in [0.15, 0.2) is 77.2 Å². The van der Waals surface area contributed by atoms with E-state index >= 15 is 0 Å². The molecule has 10 nitrogen and oxygen atoms in total. The van der Waals surface area contributed by atoms with Crippen molar-refractivity contribution in [2.75, 3.05) is 36.5 Å². The van der Waals surface area contributed by atoms with E-state index in [1.165, 1.54) is 0 Å². The van der Waals surface area contributed by atoms with E-state index in [-0.39, 0.29) is 29.8 Å². The molecule has 0 radical (unpaired) electrons. The Labute approximate surface area is 212 Å². The van der Waals surface area contributed by atoms with Crippen LogP contribution in [0.2, 0.25) is 0 Å². The lowest BCUT2D eigenvalue weighted by molar-refractivity contribution is 0.122. The van der Waals surface area contributed by atoms with E-state index in [0.29, 0.717) is 43.4 Å². The lowest BCUT2D eigenvalue weighted by Crippen LogP contribution is -2.37. The molecule has 0 aliphatic carbocycles. The zero-order valence-corrected chi connectivity index (χ0v) is 19.8. The highest BCUT2D eigenvalue weighted by molar-refractivity contribution is 5.73. The van der Waals surface area contributed by atoms with Crippen LogP contribution in [0.3, 0.4) is 0 Å². The van der Waals surface area contributed by atoms with E-state index in [1.54, 1.807) is 47.5 Å². The maximum absolute atomic E-state index is 14.2. The molecule has 2 aromatic heterocycles. The van der Waals surface area contributed by atoms with Crippen LogP contribution < -0.4 is 10.2 Å². The zero-order valence-electron chi connectivity index (χ0n) is 19.8. The number of azo groups is 1. The van der Waals surface area contributed by atoms with E-state index < -0.39 is 5.82 Å². The second-order valence-electron chi connectivity index (χ2n) is 8.32. The Kier molecular flexibility index (Phi) is 7.13. The fourth-order valence-corrected chi connectivity index (χ4v) is 3.86. The van der Waals surface area contributed by atoms with Gasteiger partial charge in [-0.25, -0.2) is 9.37 Å². The van der Waals surface area contributed by atoms with Crippen molar-refractivity contribution < 1.29 is 19.3 Å². The van der Waals surface area contributed by atoms with Gasteiger partial charge in [0.15, 0.2) is 11.6 Å². The molecule has 0 atom stereocenters. The van der Waals surface area contributed by atoms with Gasteiger partial charge in [0.2, 0.25) is 0 Å². The summed E-state index contributed by atoms with van der Waals surface area (Å²) in [5, 5.41) is 31.2. The summed E-state index contributed by atoms with van der Waals surface area (Å²) in [6, 6.07) is 15.5. The topological polar surface area (TPSA) is 128 Å². The molecule has 2 aromatic carbocycles. The molecule has 0 bridgehead atoms. The maximum Gasteiger partial charge on any atom is 0.270 e. The van der Waals surface area contributed by atoms with Crippen LogP contribution in [-0.4, -0.2) is 51.5 Å². The molecule has 4 aromatic rings. The second kappa shape index (κ2) is 11.0. The van der Waals surface area contributed by atoms with Gasteiger partial charge in [-0.05, 0) is 47.5 Å². The SMILES string of the molecule is Oc1cccc(-c2cc(O)cc(Nc3ccc(CN=Nc4ncc(F)c(N5CCOCC5)n4)nc3)c2)c1. The predicted molar refractivity (Wildman–Crippen MR) is 136 cm³/mol. The summed E-state index contributed by atoms with van der Waals surface area (Å²) in [7, 11) is 0. The third-order valence-electron chi connectivity index (χ3n) is 5.63. The van der Waals surface area contributed by atoms with Crippen molar-refractivity contribution in [2.45, 2.75) is 6.54 Å². The molecule has 1 fully saturated rings. The Morgan fingerprint density at radius 2 is 1.76 bits per heavy atom. The predicted octanol–water partition coefficient (Wildman–Crippen LogP) is 4.95. The molecular weight excluding hydrogens is 477 g/mol. The van der Waals surface area contributed by atoms with Gasteiger partial charge in [0.25, 0.3) is 5.95 Å². The number of aromatic hydroxyl groups is 2. The van der Waals surface area contributed by atoms with Crippen molar-refractivity contribution in [1.29, 1.82) is 0 Å². The highest BCUT2D eigenvalue weighted by Gasteiger charge is 2.17. The van der Waals surface area contributed by atoms with Crippen LogP contribution in [0.4, 0.5) is 27.5 Å². The largest absolute Gasteiger partial charge is 0.508 e. The van der Waals surface area contributed by atoms with Gasteiger partial charge in [0.1, 0.15) is 18.0 Å². The maximum atomic E-state index is 14.2. The van der Waals surface area contributed by atoms with Crippen molar-refractivity contribution in [3.63, 3.8) is 0 Å². The van der Waals surface area contributed by atoms with Gasteiger partial charge in [-0.1, -0.05) is 12.1 Å². The number of hydrogen-bond donors (Lipinski definition) is 3. The molecule has 0 amide bonds. The van der Waals surface area contributed by atoms with E-state index in [1.807, 2.05) is 18.2 Å². The normalized spacial score (nSPS) is 13.7. The molecule has 0 spiro atoms. The van der Waals surface area contributed by atoms with Crippen molar-refractivity contribution in [2.24, 2.45) is 10.2 Å². The van der Waals surface area contributed by atoms with Crippen molar-refractivity contribution >= 4 is 23.1 Å². The van der Waals surface area contributed by atoms with Gasteiger partial charge in [0.05, 0.1) is 37.0 Å². The quantitative estimate of drug-likeness (QED) is 0.303. The first-order valence-electron chi connectivity index (χ1n) is 11.6. The minimum Gasteiger partial charge on any atom is -0.508 e. The Bertz CT molecular complexity index is 1410. The van der Waals surface area contributed by atoms with E-state index in [9.17, 15) is 14.6 Å². The third-order valence-corrected chi connectivity index (χ3v) is 5.63. The molecule has 5 rings (SSSR count). The van der Waals surface area contributed by atoms with Crippen LogP contribution in [0.5, 0.6) is 11.5 Å². The Hall–Kier alpha value is -4.64. The molecule has 0 saturated carbocycles. The molecule has 1 saturated heterocycles. The monoisotopic (exact) mass is 501 g/mol. The number of morpholine rings is 1. The smallest absolute Gasteiger partial charge is 0.270 e. The Balaban J connectivity index is 1.23. The number of anilines is 3. The number of rotatable bonds is 7. The first-order valence-corrected chi connectivity index (χ1v) is 11.6. The summed E-state index contributed by atoms with van der Waals surface area (Å²) in [6.07, 6.45) is 2.74. The van der Waals surface area contributed by atoms with Crippen LogP contribution in [0.25, 0.3) is 11.1 Å². The van der Waals surface area contributed by atoms with Gasteiger partial charge in [0, 0.05) is 24.8 Å². The van der Waals surface area contributed by atoms with E-state index in [0.717, 1.165) is 17.3 Å². The molecule has 1 aliphatic rings. The van der Waals surface area contributed by atoms with E-state index in [4.69, 9.17) is 4.74 Å². The summed E-state index contributed by atoms with van der Waals surface area (Å²) >= 11 is 0. The number of benzene rings is 2. The summed E-state index contributed by atoms with van der Waals surface area (Å²) in [6.45, 7) is 2.33. The molecule has 37 heavy (non-hydrogen) atoms. The van der Waals surface area contributed by atoms with Gasteiger partial charge in [-0.3, -0.25) is 4.98 Å². The Morgan fingerprint density at radius 1 is 0.919 bits per heavy atom. The molecule has 188 valence electrons. The average Bonchev–Trinajstić information content (AvgIpc) is 2.91. The fraction of sp³-hybridized carbons (Fsp3) is 0.192. The summed E-state index contributed by atoms with van der Waals surface area (Å²) in [4.78, 5) is 14.3. The number of pyridine rings is 1. The first-order chi connectivity index (χ1) is 18.0. The number of nitrogens with zero attached hydrogens (tertiary/aromatic N) is 6. The molecular formula is C26H24FN7O3. The molecule has 1 aliphatic heterocycles. The third kappa shape index (κ3) is 6.14. The Morgan fingerprint density at radius 3 is 2.54 bits per heavy atom. The number of halogens is 1. The van der Waals surface area contributed by atoms with E-state index in [2.05, 4.69) is 30.5 Å².